The average molecular weight is 252 g/mol. The Bertz CT molecular complexity index is 346. The molecule has 2 heterocycles. The Morgan fingerprint density at radius 1 is 1.28 bits per heavy atom. The Hall–Kier alpha value is -0.610. The lowest BCUT2D eigenvalue weighted by Crippen LogP contribution is -2.69. The molecule has 18 heavy (non-hydrogen) atoms. The predicted octanol–water partition coefficient (Wildman–Crippen LogP) is 0.842. The lowest BCUT2D eigenvalue weighted by molar-refractivity contribution is -0.162. The molecule has 102 valence electrons. The monoisotopic (exact) mass is 252 g/mol. The molecule has 2 saturated heterocycles. The van der Waals surface area contributed by atoms with Crippen molar-refractivity contribution < 1.29 is 9.90 Å². The lowest BCUT2D eigenvalue weighted by Gasteiger charge is -2.52. The maximum Gasteiger partial charge on any atom is 0.240 e. The van der Waals surface area contributed by atoms with Crippen LogP contribution in [0, 0.1) is 5.92 Å². The highest BCUT2D eigenvalue weighted by Gasteiger charge is 2.54. The van der Waals surface area contributed by atoms with Gasteiger partial charge < -0.3 is 10.0 Å². The minimum absolute atomic E-state index is 0.0279. The number of likely N-dealkylation sites (tertiary alicyclic amines) is 2. The normalized spacial score (nSPS) is 32.8. The summed E-state index contributed by atoms with van der Waals surface area (Å²) in [5.41, 5.74) is -0.472. The van der Waals surface area contributed by atoms with Crippen LogP contribution in [-0.4, -0.2) is 58.1 Å². The number of carbonyl (C=O) groups excluding carboxylic acids is 1. The van der Waals surface area contributed by atoms with Crippen LogP contribution in [0.5, 0.6) is 0 Å². The summed E-state index contributed by atoms with van der Waals surface area (Å²) in [5, 5.41) is 10.3. The van der Waals surface area contributed by atoms with Gasteiger partial charge in [-0.1, -0.05) is 0 Å². The van der Waals surface area contributed by atoms with Crippen LogP contribution in [0.4, 0.5) is 0 Å². The fourth-order valence-corrected chi connectivity index (χ4v) is 3.49. The highest BCUT2D eigenvalue weighted by Crippen LogP contribution is 2.45. The quantitative estimate of drug-likeness (QED) is 0.809. The molecule has 1 aliphatic carbocycles. The predicted molar refractivity (Wildman–Crippen MR) is 69.1 cm³/mol. The summed E-state index contributed by atoms with van der Waals surface area (Å²) in [6.45, 7) is 6.47. The summed E-state index contributed by atoms with van der Waals surface area (Å²) in [6.07, 6.45) is 4.39. The molecule has 4 heteroatoms. The number of piperidine rings is 1. The molecule has 0 aromatic heterocycles. The van der Waals surface area contributed by atoms with Gasteiger partial charge in [-0.05, 0) is 45.4 Å². The highest BCUT2D eigenvalue weighted by molar-refractivity contribution is 5.83. The summed E-state index contributed by atoms with van der Waals surface area (Å²) in [7, 11) is 0. The van der Waals surface area contributed by atoms with Gasteiger partial charge in [0, 0.05) is 25.7 Å². The molecule has 1 unspecified atom stereocenters. The highest BCUT2D eigenvalue weighted by atomic mass is 16.3. The lowest BCUT2D eigenvalue weighted by atomic mass is 9.85. The van der Waals surface area contributed by atoms with Crippen molar-refractivity contribution in [2.75, 3.05) is 19.6 Å². The second-order valence-electron chi connectivity index (χ2n) is 6.57. The number of β-amino-alcohol motifs (C(OH)–C–C–N with tert-alkyl or cyclic N) is 1. The molecule has 1 atom stereocenters. The van der Waals surface area contributed by atoms with Crippen LogP contribution in [0.15, 0.2) is 0 Å². The average Bonchev–Trinajstić information content (AvgIpc) is 3.09. The summed E-state index contributed by atoms with van der Waals surface area (Å²) >= 11 is 0. The van der Waals surface area contributed by atoms with Crippen molar-refractivity contribution in [1.29, 1.82) is 0 Å². The van der Waals surface area contributed by atoms with Crippen LogP contribution in [0.1, 0.15) is 39.5 Å². The molecule has 0 radical (unpaired) electrons. The van der Waals surface area contributed by atoms with Crippen molar-refractivity contribution in [3.63, 3.8) is 0 Å². The van der Waals surface area contributed by atoms with Gasteiger partial charge in [0.2, 0.25) is 5.91 Å². The minimum Gasteiger partial charge on any atom is -0.387 e. The fourth-order valence-electron chi connectivity index (χ4n) is 3.49. The van der Waals surface area contributed by atoms with Crippen LogP contribution >= 0.6 is 0 Å². The Labute approximate surface area is 109 Å². The SMILES string of the molecule is CC(C)N1CCCC(N2CC(O)(C3CC3)C2)C1=O. The molecular weight excluding hydrogens is 228 g/mol. The van der Waals surface area contributed by atoms with Gasteiger partial charge in [0.1, 0.15) is 0 Å². The number of nitrogens with zero attached hydrogens (tertiary/aromatic N) is 2. The zero-order chi connectivity index (χ0) is 12.9. The van der Waals surface area contributed by atoms with Gasteiger partial charge in [0.05, 0.1) is 11.6 Å². The minimum atomic E-state index is -0.472. The van der Waals surface area contributed by atoms with E-state index in [-0.39, 0.29) is 11.9 Å². The van der Waals surface area contributed by atoms with Crippen LogP contribution in [0.25, 0.3) is 0 Å². The van der Waals surface area contributed by atoms with E-state index in [4.69, 9.17) is 0 Å². The van der Waals surface area contributed by atoms with E-state index in [1.807, 2.05) is 4.90 Å². The van der Waals surface area contributed by atoms with Gasteiger partial charge in [-0.25, -0.2) is 0 Å². The number of amides is 1. The summed E-state index contributed by atoms with van der Waals surface area (Å²) < 4.78 is 0. The van der Waals surface area contributed by atoms with E-state index < -0.39 is 5.60 Å². The first-order valence-corrected chi connectivity index (χ1v) is 7.28. The molecule has 3 rings (SSSR count). The Kier molecular flexibility index (Phi) is 2.90. The van der Waals surface area contributed by atoms with Crippen LogP contribution in [0.2, 0.25) is 0 Å². The first kappa shape index (κ1) is 12.4. The molecule has 2 aliphatic heterocycles. The number of carbonyl (C=O) groups is 1. The molecule has 1 N–H and O–H groups in total. The summed E-state index contributed by atoms with van der Waals surface area (Å²) in [6, 6.07) is 0.323. The van der Waals surface area contributed by atoms with E-state index in [0.29, 0.717) is 25.0 Å². The Morgan fingerprint density at radius 3 is 2.50 bits per heavy atom. The van der Waals surface area contributed by atoms with E-state index >= 15 is 0 Å². The molecule has 4 nitrogen and oxygen atoms in total. The molecule has 0 aromatic carbocycles. The largest absolute Gasteiger partial charge is 0.387 e. The van der Waals surface area contributed by atoms with Gasteiger partial charge in [-0.3, -0.25) is 9.69 Å². The number of hydrogen-bond acceptors (Lipinski definition) is 3. The van der Waals surface area contributed by atoms with E-state index in [1.54, 1.807) is 0 Å². The van der Waals surface area contributed by atoms with E-state index in [2.05, 4.69) is 18.7 Å². The summed E-state index contributed by atoms with van der Waals surface area (Å²) in [5.74, 6) is 0.780. The smallest absolute Gasteiger partial charge is 0.240 e. The Morgan fingerprint density at radius 2 is 1.94 bits per heavy atom. The fraction of sp³-hybridized carbons (Fsp3) is 0.929. The van der Waals surface area contributed by atoms with E-state index in [9.17, 15) is 9.90 Å². The van der Waals surface area contributed by atoms with Crippen molar-refractivity contribution in [3.05, 3.63) is 0 Å². The van der Waals surface area contributed by atoms with Crippen LogP contribution < -0.4 is 0 Å². The zero-order valence-electron chi connectivity index (χ0n) is 11.4. The third-order valence-electron chi connectivity index (χ3n) is 4.80. The topological polar surface area (TPSA) is 43.8 Å². The first-order chi connectivity index (χ1) is 8.51. The zero-order valence-corrected chi connectivity index (χ0v) is 11.4. The molecule has 0 spiro atoms. The molecule has 1 saturated carbocycles. The van der Waals surface area contributed by atoms with Crippen molar-refractivity contribution in [2.45, 2.75) is 57.2 Å². The number of aliphatic hydroxyl groups is 1. The maximum absolute atomic E-state index is 12.4. The number of rotatable bonds is 3. The third-order valence-corrected chi connectivity index (χ3v) is 4.80. The van der Waals surface area contributed by atoms with Crippen LogP contribution in [0.3, 0.4) is 0 Å². The first-order valence-electron chi connectivity index (χ1n) is 7.28. The molecule has 3 aliphatic rings. The van der Waals surface area contributed by atoms with Crippen molar-refractivity contribution in [3.8, 4) is 0 Å². The van der Waals surface area contributed by atoms with Gasteiger partial charge in [0.25, 0.3) is 0 Å². The van der Waals surface area contributed by atoms with E-state index in [0.717, 1.165) is 19.4 Å². The number of hydrogen-bond donors (Lipinski definition) is 1. The molecule has 3 fully saturated rings. The molecular formula is C14H24N2O2. The second-order valence-corrected chi connectivity index (χ2v) is 6.57. The van der Waals surface area contributed by atoms with E-state index in [1.165, 1.54) is 12.8 Å². The standard InChI is InChI=1S/C14H24N2O2/c1-10(2)16-7-3-4-12(13(16)17)15-8-14(18,9-15)11-5-6-11/h10-12,18H,3-9H2,1-2H3. The van der Waals surface area contributed by atoms with Crippen molar-refractivity contribution in [1.82, 2.24) is 9.80 Å². The molecule has 0 bridgehead atoms. The Balaban J connectivity index is 1.61. The molecule has 1 amide bonds. The van der Waals surface area contributed by atoms with Crippen molar-refractivity contribution in [2.24, 2.45) is 5.92 Å². The summed E-state index contributed by atoms with van der Waals surface area (Å²) in [4.78, 5) is 16.6. The van der Waals surface area contributed by atoms with Gasteiger partial charge >= 0.3 is 0 Å². The second kappa shape index (κ2) is 4.20. The van der Waals surface area contributed by atoms with Crippen LogP contribution in [-0.2, 0) is 4.79 Å². The van der Waals surface area contributed by atoms with Gasteiger partial charge in [-0.2, -0.15) is 0 Å². The maximum atomic E-state index is 12.4. The van der Waals surface area contributed by atoms with Gasteiger partial charge in [-0.15, -0.1) is 0 Å². The third kappa shape index (κ3) is 1.95. The van der Waals surface area contributed by atoms with Gasteiger partial charge in [0.15, 0.2) is 0 Å². The molecule has 0 aromatic rings. The van der Waals surface area contributed by atoms with Crippen molar-refractivity contribution >= 4 is 5.91 Å².